The second-order valence-corrected chi connectivity index (χ2v) is 6.06. The van der Waals surface area contributed by atoms with E-state index >= 15 is 0 Å². The molecule has 0 spiro atoms. The molecule has 0 bridgehead atoms. The number of anilines is 1. The van der Waals surface area contributed by atoms with Crippen molar-refractivity contribution < 1.29 is 4.79 Å². The van der Waals surface area contributed by atoms with Gasteiger partial charge >= 0.3 is 0 Å². The van der Waals surface area contributed by atoms with Crippen molar-refractivity contribution in [3.05, 3.63) is 18.1 Å². The number of aromatic nitrogens is 2. The van der Waals surface area contributed by atoms with Gasteiger partial charge in [-0.05, 0) is 18.6 Å². The molecule has 19 heavy (non-hydrogen) atoms. The van der Waals surface area contributed by atoms with Crippen molar-refractivity contribution in [2.75, 3.05) is 18.1 Å². The average molecular weight is 280 g/mol. The van der Waals surface area contributed by atoms with Crippen LogP contribution in [0.5, 0.6) is 0 Å². The first-order chi connectivity index (χ1) is 9.24. The summed E-state index contributed by atoms with van der Waals surface area (Å²) >= 11 is 1.93. The third-order valence-corrected chi connectivity index (χ3v) is 4.62. The molecule has 1 aliphatic rings. The van der Waals surface area contributed by atoms with Gasteiger partial charge in [-0.15, -0.1) is 0 Å². The van der Waals surface area contributed by atoms with Crippen LogP contribution in [0.4, 0.5) is 5.82 Å². The zero-order valence-corrected chi connectivity index (χ0v) is 12.2. The first-order valence-corrected chi connectivity index (χ1v) is 7.71. The molecule has 1 aromatic rings. The smallest absolute Gasteiger partial charge is 0.271 e. The molecule has 5 nitrogen and oxygen atoms in total. The van der Waals surface area contributed by atoms with E-state index < -0.39 is 0 Å². The molecule has 1 aromatic heterocycles. The Labute approximate surface area is 118 Å². The molecule has 0 aliphatic heterocycles. The third-order valence-electron chi connectivity index (χ3n) is 3.29. The molecule has 2 unspecified atom stereocenters. The van der Waals surface area contributed by atoms with Gasteiger partial charge in [-0.1, -0.05) is 13.3 Å². The maximum atomic E-state index is 12.1. The fourth-order valence-electron chi connectivity index (χ4n) is 2.32. The van der Waals surface area contributed by atoms with Gasteiger partial charge in [0.05, 0.1) is 12.4 Å². The number of amides is 1. The first kappa shape index (κ1) is 14.1. The highest BCUT2D eigenvalue weighted by atomic mass is 32.2. The van der Waals surface area contributed by atoms with Crippen molar-refractivity contribution in [1.29, 1.82) is 0 Å². The van der Waals surface area contributed by atoms with Gasteiger partial charge in [0.1, 0.15) is 11.5 Å². The Bertz CT molecular complexity index is 423. The molecule has 2 rings (SSSR count). The van der Waals surface area contributed by atoms with Gasteiger partial charge in [0.2, 0.25) is 0 Å². The summed E-state index contributed by atoms with van der Waals surface area (Å²) in [7, 11) is 1.77. The Morgan fingerprint density at radius 2 is 2.26 bits per heavy atom. The molecular formula is C13H20N4OS. The van der Waals surface area contributed by atoms with Crippen molar-refractivity contribution in [3.8, 4) is 0 Å². The van der Waals surface area contributed by atoms with E-state index in [1.807, 2.05) is 11.8 Å². The molecule has 1 amide bonds. The Kier molecular flexibility index (Phi) is 5.01. The van der Waals surface area contributed by atoms with Crippen LogP contribution in [0.3, 0.4) is 0 Å². The minimum atomic E-state index is -0.122. The van der Waals surface area contributed by atoms with Gasteiger partial charge in [-0.2, -0.15) is 11.8 Å². The lowest BCUT2D eigenvalue weighted by Crippen LogP contribution is -2.39. The molecule has 1 fully saturated rings. The molecular weight excluding hydrogens is 260 g/mol. The monoisotopic (exact) mass is 280 g/mol. The lowest BCUT2D eigenvalue weighted by Gasteiger charge is -2.19. The fraction of sp³-hybridized carbons (Fsp3) is 0.615. The first-order valence-electron chi connectivity index (χ1n) is 6.67. The predicted octanol–water partition coefficient (Wildman–Crippen LogP) is 1.92. The maximum absolute atomic E-state index is 12.1. The quantitative estimate of drug-likeness (QED) is 0.862. The number of thioether (sulfide) groups is 1. The third kappa shape index (κ3) is 3.59. The summed E-state index contributed by atoms with van der Waals surface area (Å²) in [6, 6.07) is 0.267. The number of carbonyl (C=O) groups excluding carboxylic acids is 1. The number of rotatable bonds is 5. The standard InChI is InChI=1S/C13H20N4OS/c1-3-19-11-6-4-5-9(11)17-13(18)10-7-16-12(14-2)8-15-10/h7-9,11H,3-6H2,1-2H3,(H,14,16)(H,17,18). The molecule has 1 heterocycles. The molecule has 0 radical (unpaired) electrons. The van der Waals surface area contributed by atoms with Crippen molar-refractivity contribution in [2.24, 2.45) is 0 Å². The second kappa shape index (κ2) is 6.75. The van der Waals surface area contributed by atoms with Gasteiger partial charge < -0.3 is 10.6 Å². The van der Waals surface area contributed by atoms with E-state index in [-0.39, 0.29) is 11.9 Å². The van der Waals surface area contributed by atoms with Gasteiger partial charge in [0.15, 0.2) is 0 Å². The van der Waals surface area contributed by atoms with Gasteiger partial charge in [-0.25, -0.2) is 9.97 Å². The van der Waals surface area contributed by atoms with Crippen LogP contribution in [0.25, 0.3) is 0 Å². The highest BCUT2D eigenvalue weighted by Gasteiger charge is 2.28. The van der Waals surface area contributed by atoms with Crippen LogP contribution < -0.4 is 10.6 Å². The van der Waals surface area contributed by atoms with Crippen LogP contribution in [0, 0.1) is 0 Å². The average Bonchev–Trinajstić information content (AvgIpc) is 2.86. The van der Waals surface area contributed by atoms with E-state index in [0.29, 0.717) is 16.8 Å². The Balaban J connectivity index is 1.95. The number of carbonyl (C=O) groups is 1. The van der Waals surface area contributed by atoms with E-state index in [0.717, 1.165) is 12.2 Å². The van der Waals surface area contributed by atoms with Crippen LogP contribution in [0.2, 0.25) is 0 Å². The zero-order valence-electron chi connectivity index (χ0n) is 11.3. The molecule has 2 atom stereocenters. The summed E-state index contributed by atoms with van der Waals surface area (Å²) < 4.78 is 0. The summed E-state index contributed by atoms with van der Waals surface area (Å²) in [5, 5.41) is 6.51. The topological polar surface area (TPSA) is 66.9 Å². The van der Waals surface area contributed by atoms with Crippen LogP contribution in [0.15, 0.2) is 12.4 Å². The minimum absolute atomic E-state index is 0.122. The molecule has 1 saturated carbocycles. The number of nitrogens with one attached hydrogen (secondary N) is 2. The number of hydrogen-bond donors (Lipinski definition) is 2. The summed E-state index contributed by atoms with van der Waals surface area (Å²) in [4.78, 5) is 20.3. The molecule has 2 N–H and O–H groups in total. The molecule has 104 valence electrons. The van der Waals surface area contributed by atoms with E-state index in [2.05, 4.69) is 27.5 Å². The van der Waals surface area contributed by atoms with Crippen molar-refractivity contribution >= 4 is 23.5 Å². The van der Waals surface area contributed by atoms with Crippen LogP contribution in [-0.4, -0.2) is 40.0 Å². The number of nitrogens with zero attached hydrogens (tertiary/aromatic N) is 2. The largest absolute Gasteiger partial charge is 0.372 e. The SMILES string of the molecule is CCSC1CCCC1NC(=O)c1cnc(NC)cn1. The lowest BCUT2D eigenvalue weighted by atomic mass is 10.2. The van der Waals surface area contributed by atoms with Crippen LogP contribution in [0.1, 0.15) is 36.7 Å². The summed E-state index contributed by atoms with van der Waals surface area (Å²) in [6.07, 6.45) is 6.52. The molecule has 1 aliphatic carbocycles. The van der Waals surface area contributed by atoms with E-state index in [4.69, 9.17) is 0 Å². The normalized spacial score (nSPS) is 22.2. The summed E-state index contributed by atoms with van der Waals surface area (Å²) in [5.41, 5.74) is 0.381. The molecule has 6 heteroatoms. The summed E-state index contributed by atoms with van der Waals surface area (Å²) in [6.45, 7) is 2.16. The van der Waals surface area contributed by atoms with E-state index in [9.17, 15) is 4.79 Å². The van der Waals surface area contributed by atoms with Crippen molar-refractivity contribution in [3.63, 3.8) is 0 Å². The van der Waals surface area contributed by atoms with Crippen molar-refractivity contribution in [1.82, 2.24) is 15.3 Å². The van der Waals surface area contributed by atoms with E-state index in [1.165, 1.54) is 19.0 Å². The highest BCUT2D eigenvalue weighted by molar-refractivity contribution is 7.99. The Morgan fingerprint density at radius 3 is 2.89 bits per heavy atom. The second-order valence-electron chi connectivity index (χ2n) is 4.54. The minimum Gasteiger partial charge on any atom is -0.372 e. The van der Waals surface area contributed by atoms with Gasteiger partial charge in [-0.3, -0.25) is 4.79 Å². The van der Waals surface area contributed by atoms with Crippen LogP contribution >= 0.6 is 11.8 Å². The fourth-order valence-corrected chi connectivity index (χ4v) is 3.52. The highest BCUT2D eigenvalue weighted by Crippen LogP contribution is 2.29. The number of hydrogen-bond acceptors (Lipinski definition) is 5. The van der Waals surface area contributed by atoms with Crippen LogP contribution in [-0.2, 0) is 0 Å². The van der Waals surface area contributed by atoms with Gasteiger partial charge in [0.25, 0.3) is 5.91 Å². The lowest BCUT2D eigenvalue weighted by molar-refractivity contribution is 0.0933. The molecule has 0 aromatic carbocycles. The molecule has 0 saturated heterocycles. The van der Waals surface area contributed by atoms with Crippen molar-refractivity contribution in [2.45, 2.75) is 37.5 Å². The summed E-state index contributed by atoms with van der Waals surface area (Å²) in [5.74, 6) is 1.63. The predicted molar refractivity (Wildman–Crippen MR) is 78.6 cm³/mol. The van der Waals surface area contributed by atoms with E-state index in [1.54, 1.807) is 13.2 Å². The Morgan fingerprint density at radius 1 is 1.42 bits per heavy atom. The van der Waals surface area contributed by atoms with Gasteiger partial charge in [0, 0.05) is 18.3 Å². The Hall–Kier alpha value is -1.30. The zero-order chi connectivity index (χ0) is 13.7. The maximum Gasteiger partial charge on any atom is 0.271 e.